The van der Waals surface area contributed by atoms with Crippen molar-refractivity contribution in [3.8, 4) is 11.5 Å². The van der Waals surface area contributed by atoms with Gasteiger partial charge in [0.2, 0.25) is 10.0 Å². The highest BCUT2D eigenvalue weighted by Gasteiger charge is 2.42. The van der Waals surface area contributed by atoms with Crippen molar-refractivity contribution in [2.45, 2.75) is 75.0 Å². The van der Waals surface area contributed by atoms with Gasteiger partial charge in [-0.25, -0.2) is 8.42 Å². The van der Waals surface area contributed by atoms with E-state index in [2.05, 4.69) is 0 Å². The Morgan fingerprint density at radius 3 is 2.48 bits per heavy atom. The fourth-order valence-electron chi connectivity index (χ4n) is 4.82. The van der Waals surface area contributed by atoms with Gasteiger partial charge in [-0.15, -0.1) is 0 Å². The van der Waals surface area contributed by atoms with E-state index in [0.717, 1.165) is 25.7 Å². The van der Waals surface area contributed by atoms with E-state index in [1.54, 1.807) is 24.9 Å². The first-order valence-corrected chi connectivity index (χ1v) is 13.1. The normalized spacial score (nSPS) is 22.5. The summed E-state index contributed by atoms with van der Waals surface area (Å²) in [6.45, 7) is 2.51. The van der Waals surface area contributed by atoms with E-state index in [1.165, 1.54) is 22.9 Å². The maximum absolute atomic E-state index is 13.3. The molecule has 1 aromatic rings. The van der Waals surface area contributed by atoms with Crippen LogP contribution in [0.25, 0.3) is 0 Å². The molecular formula is C23H32N2O7S. The highest BCUT2D eigenvalue weighted by molar-refractivity contribution is 7.89. The third-order valence-corrected chi connectivity index (χ3v) is 8.61. The van der Waals surface area contributed by atoms with Gasteiger partial charge in [0.15, 0.2) is 17.6 Å². The maximum Gasteiger partial charge on any atom is 0.325 e. The van der Waals surface area contributed by atoms with Crippen molar-refractivity contribution in [1.82, 2.24) is 9.21 Å². The van der Waals surface area contributed by atoms with Crippen molar-refractivity contribution in [2.75, 3.05) is 26.8 Å². The fraction of sp³-hybridized carbons (Fsp3) is 0.652. The molecular weight excluding hydrogens is 448 g/mol. The summed E-state index contributed by atoms with van der Waals surface area (Å²) in [6.07, 6.45) is 5.18. The first-order chi connectivity index (χ1) is 15.8. The molecule has 2 atom stereocenters. The average Bonchev–Trinajstić information content (AvgIpc) is 3.34. The number of rotatable bonds is 6. The number of ether oxygens (including phenoxy) is 3. The third-order valence-electron chi connectivity index (χ3n) is 6.71. The van der Waals surface area contributed by atoms with Crippen molar-refractivity contribution in [3.63, 3.8) is 0 Å². The van der Waals surface area contributed by atoms with Crippen molar-refractivity contribution < 1.29 is 32.2 Å². The van der Waals surface area contributed by atoms with E-state index in [0.29, 0.717) is 37.6 Å². The molecule has 3 aliphatic rings. The molecule has 1 saturated heterocycles. The number of hydrogen-bond acceptors (Lipinski definition) is 7. The zero-order valence-electron chi connectivity index (χ0n) is 19.2. The molecule has 1 saturated carbocycles. The largest absolute Gasteiger partial charge is 0.486 e. The maximum atomic E-state index is 13.3. The van der Waals surface area contributed by atoms with Crippen LogP contribution in [0, 0.1) is 0 Å². The molecule has 2 fully saturated rings. The second-order valence-electron chi connectivity index (χ2n) is 8.90. The Morgan fingerprint density at radius 1 is 1.06 bits per heavy atom. The van der Waals surface area contributed by atoms with Gasteiger partial charge in [0.25, 0.3) is 5.91 Å². The van der Waals surface area contributed by atoms with Crippen LogP contribution in [0.3, 0.4) is 0 Å². The van der Waals surface area contributed by atoms with Gasteiger partial charge in [-0.1, -0.05) is 19.3 Å². The minimum absolute atomic E-state index is 0.0348. The molecule has 1 amide bonds. The van der Waals surface area contributed by atoms with Gasteiger partial charge in [0.1, 0.15) is 19.3 Å². The Kier molecular flexibility index (Phi) is 7.13. The van der Waals surface area contributed by atoms with Crippen LogP contribution < -0.4 is 9.47 Å². The molecule has 0 radical (unpaired) electrons. The number of benzene rings is 1. The van der Waals surface area contributed by atoms with Crippen LogP contribution >= 0.6 is 0 Å². The molecule has 4 rings (SSSR count). The zero-order chi connectivity index (χ0) is 23.6. The lowest BCUT2D eigenvalue weighted by Gasteiger charge is -2.33. The summed E-state index contributed by atoms with van der Waals surface area (Å²) >= 11 is 0. The van der Waals surface area contributed by atoms with Gasteiger partial charge < -0.3 is 19.1 Å². The van der Waals surface area contributed by atoms with Gasteiger partial charge in [0.05, 0.1) is 4.90 Å². The second-order valence-corrected chi connectivity index (χ2v) is 10.8. The van der Waals surface area contributed by atoms with E-state index < -0.39 is 28.1 Å². The predicted molar refractivity (Wildman–Crippen MR) is 120 cm³/mol. The Morgan fingerprint density at radius 2 is 1.76 bits per heavy atom. The van der Waals surface area contributed by atoms with Crippen molar-refractivity contribution in [1.29, 1.82) is 0 Å². The number of esters is 1. The smallest absolute Gasteiger partial charge is 0.325 e. The van der Waals surface area contributed by atoms with Crippen molar-refractivity contribution in [3.05, 3.63) is 18.2 Å². The van der Waals surface area contributed by atoms with Crippen LogP contribution in [0.1, 0.15) is 51.9 Å². The average molecular weight is 481 g/mol. The summed E-state index contributed by atoms with van der Waals surface area (Å²) in [4.78, 5) is 27.5. The third kappa shape index (κ3) is 4.96. The summed E-state index contributed by atoms with van der Waals surface area (Å²) in [5.74, 6) is -0.0846. The lowest BCUT2D eigenvalue weighted by Crippen LogP contribution is -2.47. The molecule has 2 aliphatic heterocycles. The number of carbonyl (C=O) groups excluding carboxylic acids is 2. The summed E-state index contributed by atoms with van der Waals surface area (Å²) < 4.78 is 44.2. The minimum Gasteiger partial charge on any atom is -0.486 e. The minimum atomic E-state index is -3.95. The van der Waals surface area contributed by atoms with Crippen LogP contribution in [-0.4, -0.2) is 74.5 Å². The number of carbonyl (C=O) groups is 2. The first-order valence-electron chi connectivity index (χ1n) is 11.7. The molecule has 1 aliphatic carbocycles. The molecule has 9 nitrogen and oxygen atoms in total. The van der Waals surface area contributed by atoms with Crippen LogP contribution in [0.2, 0.25) is 0 Å². The Hall–Kier alpha value is -2.33. The monoisotopic (exact) mass is 480 g/mol. The summed E-state index contributed by atoms with van der Waals surface area (Å²) in [5, 5.41) is 0. The lowest BCUT2D eigenvalue weighted by atomic mass is 9.94. The summed E-state index contributed by atoms with van der Waals surface area (Å²) in [7, 11) is -2.21. The molecule has 0 aromatic heterocycles. The SMILES string of the molecule is C[C@H](OC(=O)[C@H]1CCCN1S(=O)(=O)c1ccc2c(c1)OCCO2)C(=O)N(C)C1CCCCC1. The van der Waals surface area contributed by atoms with Crippen LogP contribution in [0.15, 0.2) is 23.1 Å². The van der Waals surface area contributed by atoms with E-state index in [9.17, 15) is 18.0 Å². The number of fused-ring (bicyclic) bond motifs is 1. The van der Waals surface area contributed by atoms with Gasteiger partial charge >= 0.3 is 5.97 Å². The van der Waals surface area contributed by atoms with E-state index in [1.807, 2.05) is 0 Å². The molecule has 33 heavy (non-hydrogen) atoms. The number of amides is 1. The van der Waals surface area contributed by atoms with Crippen LogP contribution in [0.5, 0.6) is 11.5 Å². The molecule has 182 valence electrons. The van der Waals surface area contributed by atoms with Crippen molar-refractivity contribution >= 4 is 21.9 Å². The highest BCUT2D eigenvalue weighted by Crippen LogP contribution is 2.35. The Balaban J connectivity index is 1.44. The second kappa shape index (κ2) is 9.89. The van der Waals surface area contributed by atoms with E-state index in [4.69, 9.17) is 14.2 Å². The number of nitrogens with zero attached hydrogens (tertiary/aromatic N) is 2. The molecule has 2 heterocycles. The molecule has 1 aromatic carbocycles. The molecule has 0 unspecified atom stereocenters. The van der Waals surface area contributed by atoms with Gasteiger partial charge in [-0.3, -0.25) is 9.59 Å². The van der Waals surface area contributed by atoms with E-state index in [-0.39, 0.29) is 23.4 Å². The Bertz CT molecular complexity index is 991. The highest BCUT2D eigenvalue weighted by atomic mass is 32.2. The molecule has 10 heteroatoms. The summed E-state index contributed by atoms with van der Waals surface area (Å²) in [5.41, 5.74) is 0. The Labute approximate surface area is 195 Å². The number of hydrogen-bond donors (Lipinski definition) is 0. The molecule has 0 N–H and O–H groups in total. The fourth-order valence-corrected chi connectivity index (χ4v) is 6.48. The number of sulfonamides is 1. The first kappa shape index (κ1) is 23.8. The van der Waals surface area contributed by atoms with Crippen LogP contribution in [0.4, 0.5) is 0 Å². The molecule has 0 bridgehead atoms. The van der Waals surface area contributed by atoms with Gasteiger partial charge in [-0.05, 0) is 44.7 Å². The van der Waals surface area contributed by atoms with Gasteiger partial charge in [0, 0.05) is 25.7 Å². The molecule has 0 spiro atoms. The van der Waals surface area contributed by atoms with E-state index >= 15 is 0 Å². The van der Waals surface area contributed by atoms with Crippen molar-refractivity contribution in [2.24, 2.45) is 0 Å². The quantitative estimate of drug-likeness (QED) is 0.576. The standard InChI is InChI=1S/C23H32N2O7S/c1-16(22(26)24(2)17-7-4-3-5-8-17)32-23(27)19-9-6-12-25(19)33(28,29)18-10-11-20-21(15-18)31-14-13-30-20/h10-11,15-17,19H,3-9,12-14H2,1-2H3/t16-,19+/m0/s1. The predicted octanol–water partition coefficient (Wildman–Crippen LogP) is 2.33. The zero-order valence-corrected chi connectivity index (χ0v) is 20.0. The van der Waals surface area contributed by atoms with Gasteiger partial charge in [-0.2, -0.15) is 4.31 Å². The lowest BCUT2D eigenvalue weighted by molar-refractivity contribution is -0.162. The van der Waals surface area contributed by atoms with Crippen LogP contribution in [-0.2, 0) is 24.3 Å². The topological polar surface area (TPSA) is 102 Å². The number of likely N-dealkylation sites (N-methyl/N-ethyl adjacent to an activating group) is 1. The summed E-state index contributed by atoms with van der Waals surface area (Å²) in [6, 6.07) is 3.64.